The largest absolute Gasteiger partial charge is 0.444 e. The Morgan fingerprint density at radius 2 is 1.45 bits per heavy atom. The zero-order valence-electron chi connectivity index (χ0n) is 24.3. The molecule has 0 bridgehead atoms. The lowest BCUT2D eigenvalue weighted by molar-refractivity contribution is -0.144. The highest BCUT2D eigenvalue weighted by atomic mass is 16.6. The number of ether oxygens (including phenoxy) is 1. The maximum Gasteiger partial charge on any atom is 0.408 e. The molecule has 7 heteroatoms. The number of carbonyl (C=O) groups is 3. The fraction of sp³-hybridized carbons (Fsp3) is 0.364. The van der Waals surface area contributed by atoms with E-state index >= 15 is 0 Å². The molecule has 0 radical (unpaired) electrons. The molecule has 0 saturated heterocycles. The molecule has 3 amide bonds. The van der Waals surface area contributed by atoms with Gasteiger partial charge in [0.2, 0.25) is 11.8 Å². The summed E-state index contributed by atoms with van der Waals surface area (Å²) in [5.74, 6) is -0.668. The summed E-state index contributed by atoms with van der Waals surface area (Å²) in [6, 6.07) is 24.5. The van der Waals surface area contributed by atoms with Crippen LogP contribution in [0.3, 0.4) is 0 Å². The average molecular weight is 544 g/mol. The van der Waals surface area contributed by atoms with Crippen LogP contribution in [0.25, 0.3) is 0 Å². The molecule has 3 aromatic rings. The number of carbonyl (C=O) groups excluding carboxylic acids is 3. The van der Waals surface area contributed by atoms with E-state index in [1.54, 1.807) is 25.7 Å². The molecule has 0 heterocycles. The molecule has 3 rings (SSSR count). The number of rotatable bonds is 10. The monoisotopic (exact) mass is 543 g/mol. The quantitative estimate of drug-likeness (QED) is 0.342. The van der Waals surface area contributed by atoms with Gasteiger partial charge in [-0.1, -0.05) is 90.5 Å². The Balaban J connectivity index is 1.99. The molecular weight excluding hydrogens is 502 g/mol. The molecule has 212 valence electrons. The summed E-state index contributed by atoms with van der Waals surface area (Å²) >= 11 is 0. The highest BCUT2D eigenvalue weighted by Crippen LogP contribution is 2.26. The fourth-order valence-electron chi connectivity index (χ4n) is 4.52. The smallest absolute Gasteiger partial charge is 0.408 e. The van der Waals surface area contributed by atoms with E-state index in [9.17, 15) is 14.4 Å². The first-order chi connectivity index (χ1) is 18.9. The number of aryl methyl sites for hydroxylation is 1. The molecule has 0 fully saturated rings. The second-order valence-electron chi connectivity index (χ2n) is 11.2. The zero-order chi connectivity index (χ0) is 29.3. The van der Waals surface area contributed by atoms with Crippen molar-refractivity contribution in [3.05, 3.63) is 107 Å². The summed E-state index contributed by atoms with van der Waals surface area (Å²) in [5.41, 5.74) is 2.77. The molecule has 0 aliphatic rings. The number of benzene rings is 3. The third-order valence-corrected chi connectivity index (χ3v) is 6.28. The van der Waals surface area contributed by atoms with Crippen molar-refractivity contribution >= 4 is 17.9 Å². The minimum Gasteiger partial charge on any atom is -0.444 e. The van der Waals surface area contributed by atoms with Gasteiger partial charge in [0.1, 0.15) is 17.7 Å². The summed E-state index contributed by atoms with van der Waals surface area (Å²) in [5, 5.41) is 5.81. The topological polar surface area (TPSA) is 87.7 Å². The summed E-state index contributed by atoms with van der Waals surface area (Å²) in [6.45, 7) is 11.3. The van der Waals surface area contributed by atoms with E-state index in [4.69, 9.17) is 4.74 Å². The lowest BCUT2D eigenvalue weighted by Crippen LogP contribution is -2.55. The predicted octanol–water partition coefficient (Wildman–Crippen LogP) is 5.73. The Bertz CT molecular complexity index is 1270. The first kappa shape index (κ1) is 30.4. The summed E-state index contributed by atoms with van der Waals surface area (Å²) in [6.07, 6.45) is -0.444. The molecule has 2 unspecified atom stereocenters. The Kier molecular flexibility index (Phi) is 10.5. The van der Waals surface area contributed by atoms with E-state index < -0.39 is 23.8 Å². The number of alkyl carbamates (subject to hydrolysis) is 1. The van der Waals surface area contributed by atoms with Crippen LogP contribution in [0.4, 0.5) is 4.79 Å². The Morgan fingerprint density at radius 3 is 2.00 bits per heavy atom. The van der Waals surface area contributed by atoms with Gasteiger partial charge in [-0.3, -0.25) is 9.59 Å². The van der Waals surface area contributed by atoms with Crippen molar-refractivity contribution in [3.8, 4) is 0 Å². The molecule has 2 atom stereocenters. The van der Waals surface area contributed by atoms with Crippen LogP contribution in [0.5, 0.6) is 0 Å². The number of hydrogen-bond donors (Lipinski definition) is 2. The van der Waals surface area contributed by atoms with E-state index in [0.29, 0.717) is 12.1 Å². The molecule has 2 N–H and O–H groups in total. The molecule has 0 aliphatic carbocycles. The van der Waals surface area contributed by atoms with Crippen molar-refractivity contribution in [1.82, 2.24) is 15.5 Å². The van der Waals surface area contributed by atoms with Gasteiger partial charge in [0.25, 0.3) is 0 Å². The predicted molar refractivity (Wildman–Crippen MR) is 157 cm³/mol. The highest BCUT2D eigenvalue weighted by Gasteiger charge is 2.38. The second-order valence-corrected chi connectivity index (χ2v) is 11.2. The molecule has 0 aliphatic heterocycles. The third-order valence-electron chi connectivity index (χ3n) is 6.28. The van der Waals surface area contributed by atoms with Crippen LogP contribution in [0.2, 0.25) is 0 Å². The fourth-order valence-corrected chi connectivity index (χ4v) is 4.52. The second kappa shape index (κ2) is 13.8. The maximum absolute atomic E-state index is 14.3. The molecule has 0 spiro atoms. The van der Waals surface area contributed by atoms with E-state index in [1.165, 1.54) is 0 Å². The van der Waals surface area contributed by atoms with E-state index in [2.05, 4.69) is 10.6 Å². The van der Waals surface area contributed by atoms with Crippen molar-refractivity contribution in [2.24, 2.45) is 0 Å². The van der Waals surface area contributed by atoms with Crippen LogP contribution >= 0.6 is 0 Å². The Hall–Kier alpha value is -4.13. The summed E-state index contributed by atoms with van der Waals surface area (Å²) in [4.78, 5) is 42.6. The molecule has 7 nitrogen and oxygen atoms in total. The van der Waals surface area contributed by atoms with Gasteiger partial charge in [-0.05, 0) is 58.2 Å². The minimum atomic E-state index is -0.950. The normalized spacial score (nSPS) is 12.8. The standard InChI is InChI=1S/C33H41N3O4/c1-23(2)36(31(38)28(21-25-15-9-7-10-16-25)35-32(39)40-33(4,5)6)29(27-19-13-14-24(3)20-27)30(37)34-22-26-17-11-8-12-18-26/h7-20,23,28-29H,21-22H2,1-6H3,(H,34,37)(H,35,39). The highest BCUT2D eigenvalue weighted by molar-refractivity contribution is 5.92. The van der Waals surface area contributed by atoms with Gasteiger partial charge in [-0.2, -0.15) is 0 Å². The van der Waals surface area contributed by atoms with Crippen LogP contribution in [-0.4, -0.2) is 40.5 Å². The first-order valence-electron chi connectivity index (χ1n) is 13.7. The van der Waals surface area contributed by atoms with Gasteiger partial charge in [-0.25, -0.2) is 4.79 Å². The molecular formula is C33H41N3O4. The van der Waals surface area contributed by atoms with Crippen molar-refractivity contribution < 1.29 is 19.1 Å². The molecule has 0 saturated carbocycles. The average Bonchev–Trinajstić information content (AvgIpc) is 2.89. The zero-order valence-corrected chi connectivity index (χ0v) is 24.3. The van der Waals surface area contributed by atoms with Gasteiger partial charge in [0.05, 0.1) is 0 Å². The molecule has 0 aromatic heterocycles. The van der Waals surface area contributed by atoms with Crippen molar-refractivity contribution in [2.75, 3.05) is 0 Å². The Morgan fingerprint density at radius 1 is 0.850 bits per heavy atom. The van der Waals surface area contributed by atoms with Crippen LogP contribution in [0.15, 0.2) is 84.9 Å². The van der Waals surface area contributed by atoms with E-state index in [1.807, 2.05) is 106 Å². The van der Waals surface area contributed by atoms with Gasteiger partial charge >= 0.3 is 6.09 Å². The van der Waals surface area contributed by atoms with Gasteiger partial charge in [-0.15, -0.1) is 0 Å². The van der Waals surface area contributed by atoms with Gasteiger partial charge in [0.15, 0.2) is 0 Å². The number of hydrogen-bond acceptors (Lipinski definition) is 4. The van der Waals surface area contributed by atoms with Crippen LogP contribution in [0, 0.1) is 6.92 Å². The van der Waals surface area contributed by atoms with E-state index in [-0.39, 0.29) is 24.3 Å². The Labute approximate surface area is 237 Å². The SMILES string of the molecule is Cc1cccc(C(C(=O)NCc2ccccc2)N(C(=O)C(Cc2ccccc2)NC(=O)OC(C)(C)C)C(C)C)c1. The summed E-state index contributed by atoms with van der Waals surface area (Å²) < 4.78 is 5.49. The maximum atomic E-state index is 14.3. The van der Waals surface area contributed by atoms with Crippen LogP contribution < -0.4 is 10.6 Å². The molecule has 3 aromatic carbocycles. The number of amides is 3. The summed E-state index contributed by atoms with van der Waals surface area (Å²) in [7, 11) is 0. The van der Waals surface area contributed by atoms with E-state index in [0.717, 1.165) is 16.7 Å². The van der Waals surface area contributed by atoms with Gasteiger partial charge < -0.3 is 20.3 Å². The first-order valence-corrected chi connectivity index (χ1v) is 13.7. The minimum absolute atomic E-state index is 0.244. The van der Waals surface area contributed by atoms with Crippen molar-refractivity contribution in [3.63, 3.8) is 0 Å². The lowest BCUT2D eigenvalue weighted by atomic mass is 9.97. The van der Waals surface area contributed by atoms with Crippen LogP contribution in [-0.2, 0) is 27.3 Å². The third kappa shape index (κ3) is 8.97. The van der Waals surface area contributed by atoms with Crippen molar-refractivity contribution in [2.45, 2.75) is 78.2 Å². The van der Waals surface area contributed by atoms with Crippen molar-refractivity contribution in [1.29, 1.82) is 0 Å². The number of nitrogens with zero attached hydrogens (tertiary/aromatic N) is 1. The van der Waals surface area contributed by atoms with Gasteiger partial charge in [0, 0.05) is 19.0 Å². The molecule has 40 heavy (non-hydrogen) atoms. The lowest BCUT2D eigenvalue weighted by Gasteiger charge is -2.37. The van der Waals surface area contributed by atoms with Crippen LogP contribution in [0.1, 0.15) is 62.9 Å². The number of nitrogens with one attached hydrogen (secondary N) is 2.